The van der Waals surface area contributed by atoms with Crippen LogP contribution in [0, 0.1) is 11.8 Å². The number of carbonyl (C=O) groups is 3. The molecule has 2 heterocycles. The van der Waals surface area contributed by atoms with Crippen molar-refractivity contribution in [3.05, 3.63) is 11.8 Å². The van der Waals surface area contributed by atoms with E-state index in [0.717, 1.165) is 12.8 Å². The third kappa shape index (κ3) is 6.35. The number of nitrogens with zero attached hydrogens (tertiary/aromatic N) is 3. The second-order valence-corrected chi connectivity index (χ2v) is 8.13. The van der Waals surface area contributed by atoms with Gasteiger partial charge in [-0.2, -0.15) is 0 Å². The van der Waals surface area contributed by atoms with Gasteiger partial charge in [0.25, 0.3) is 5.89 Å². The molecule has 0 bridgehead atoms. The van der Waals surface area contributed by atoms with E-state index in [4.69, 9.17) is 9.15 Å². The topological polar surface area (TPSA) is 115 Å². The Balaban J connectivity index is 1.58. The largest absolute Gasteiger partial charge is 0.418 e. The van der Waals surface area contributed by atoms with E-state index in [1.54, 1.807) is 4.90 Å². The SMILES string of the molecule is CCc1nnc(C(=O)CNC(=O)[C@@H](CC(=O)N2CCOCC2)CC2CCCCC2)o1. The van der Waals surface area contributed by atoms with E-state index in [0.29, 0.717) is 51.0 Å². The first-order valence-electron chi connectivity index (χ1n) is 11.1. The lowest BCUT2D eigenvalue weighted by atomic mass is 9.81. The first-order valence-corrected chi connectivity index (χ1v) is 11.1. The zero-order chi connectivity index (χ0) is 21.3. The molecule has 1 saturated carbocycles. The average molecular weight is 421 g/mol. The summed E-state index contributed by atoms with van der Waals surface area (Å²) in [4.78, 5) is 39.7. The molecule has 30 heavy (non-hydrogen) atoms. The number of rotatable bonds is 9. The molecule has 0 aromatic carbocycles. The van der Waals surface area contributed by atoms with Crippen molar-refractivity contribution in [1.82, 2.24) is 20.4 Å². The van der Waals surface area contributed by atoms with Gasteiger partial charge in [0.1, 0.15) is 0 Å². The zero-order valence-electron chi connectivity index (χ0n) is 17.7. The molecule has 0 spiro atoms. The van der Waals surface area contributed by atoms with Crippen molar-refractivity contribution in [3.8, 4) is 0 Å². The predicted octanol–water partition coefficient (Wildman–Crippen LogP) is 1.77. The molecule has 1 aliphatic heterocycles. The highest BCUT2D eigenvalue weighted by Crippen LogP contribution is 2.30. The van der Waals surface area contributed by atoms with Gasteiger partial charge in [-0.1, -0.05) is 39.0 Å². The van der Waals surface area contributed by atoms with E-state index in [1.807, 2.05) is 6.92 Å². The third-order valence-electron chi connectivity index (χ3n) is 5.93. The summed E-state index contributed by atoms with van der Waals surface area (Å²) in [5, 5.41) is 10.2. The Morgan fingerprint density at radius 3 is 2.53 bits per heavy atom. The minimum absolute atomic E-state index is 0.0231. The van der Waals surface area contributed by atoms with Crippen molar-refractivity contribution in [2.45, 2.75) is 58.3 Å². The highest BCUT2D eigenvalue weighted by molar-refractivity contribution is 5.96. The summed E-state index contributed by atoms with van der Waals surface area (Å²) in [7, 11) is 0. The first-order chi connectivity index (χ1) is 14.6. The quantitative estimate of drug-likeness (QED) is 0.605. The Hall–Kier alpha value is -2.29. The Labute approximate surface area is 176 Å². The minimum Gasteiger partial charge on any atom is -0.418 e. The van der Waals surface area contributed by atoms with Crippen LogP contribution in [0.5, 0.6) is 0 Å². The van der Waals surface area contributed by atoms with Gasteiger partial charge in [0.2, 0.25) is 23.5 Å². The molecule has 9 nitrogen and oxygen atoms in total. The van der Waals surface area contributed by atoms with Crippen LogP contribution < -0.4 is 5.32 Å². The van der Waals surface area contributed by atoms with Crippen LogP contribution >= 0.6 is 0 Å². The fourth-order valence-corrected chi connectivity index (χ4v) is 4.16. The molecule has 2 amide bonds. The van der Waals surface area contributed by atoms with Gasteiger partial charge in [-0.15, -0.1) is 10.2 Å². The Kier molecular flexibility index (Phi) is 8.36. The van der Waals surface area contributed by atoms with Crippen molar-refractivity contribution < 1.29 is 23.5 Å². The molecule has 0 unspecified atom stereocenters. The summed E-state index contributed by atoms with van der Waals surface area (Å²) in [6, 6.07) is 0. The van der Waals surface area contributed by atoms with Crippen molar-refractivity contribution in [2.24, 2.45) is 11.8 Å². The lowest BCUT2D eigenvalue weighted by Gasteiger charge is -2.30. The summed E-state index contributed by atoms with van der Waals surface area (Å²) in [6.45, 7) is 3.83. The smallest absolute Gasteiger partial charge is 0.285 e. The summed E-state index contributed by atoms with van der Waals surface area (Å²) in [6.07, 6.45) is 7.15. The lowest BCUT2D eigenvalue weighted by Crippen LogP contribution is -2.43. The highest BCUT2D eigenvalue weighted by Gasteiger charge is 2.29. The molecule has 2 fully saturated rings. The summed E-state index contributed by atoms with van der Waals surface area (Å²) in [5.74, 6) is -0.408. The molecule has 3 rings (SSSR count). The molecule has 1 aromatic heterocycles. The van der Waals surface area contributed by atoms with Gasteiger partial charge in [-0.05, 0) is 12.3 Å². The van der Waals surface area contributed by atoms with E-state index in [1.165, 1.54) is 19.3 Å². The monoisotopic (exact) mass is 420 g/mol. The maximum absolute atomic E-state index is 12.9. The van der Waals surface area contributed by atoms with Crippen molar-refractivity contribution in [3.63, 3.8) is 0 Å². The molecular weight excluding hydrogens is 388 g/mol. The molecular formula is C21H32N4O5. The van der Waals surface area contributed by atoms with Crippen LogP contribution in [-0.2, 0) is 20.7 Å². The maximum Gasteiger partial charge on any atom is 0.285 e. The van der Waals surface area contributed by atoms with Crippen molar-refractivity contribution in [1.29, 1.82) is 0 Å². The van der Waals surface area contributed by atoms with Crippen LogP contribution in [0.25, 0.3) is 0 Å². The second-order valence-electron chi connectivity index (χ2n) is 8.13. The van der Waals surface area contributed by atoms with E-state index < -0.39 is 11.7 Å². The number of amides is 2. The molecule has 2 aliphatic rings. The molecule has 1 N–H and O–H groups in total. The number of carbonyl (C=O) groups excluding carboxylic acids is 3. The summed E-state index contributed by atoms with van der Waals surface area (Å²) >= 11 is 0. The van der Waals surface area contributed by atoms with Crippen LogP contribution in [0.15, 0.2) is 4.42 Å². The number of aromatic nitrogens is 2. The molecule has 1 atom stereocenters. The van der Waals surface area contributed by atoms with Crippen molar-refractivity contribution >= 4 is 17.6 Å². The van der Waals surface area contributed by atoms with E-state index in [9.17, 15) is 14.4 Å². The predicted molar refractivity (Wildman–Crippen MR) is 108 cm³/mol. The van der Waals surface area contributed by atoms with Gasteiger partial charge in [0, 0.05) is 31.8 Å². The number of morpholine rings is 1. The number of hydrogen-bond donors (Lipinski definition) is 1. The maximum atomic E-state index is 12.9. The number of nitrogens with one attached hydrogen (secondary N) is 1. The molecule has 1 aromatic rings. The molecule has 0 radical (unpaired) electrons. The number of ether oxygens (including phenoxy) is 1. The van der Waals surface area contributed by atoms with Gasteiger partial charge in [-0.25, -0.2) is 0 Å². The van der Waals surface area contributed by atoms with Crippen LogP contribution in [0.2, 0.25) is 0 Å². The average Bonchev–Trinajstić information content (AvgIpc) is 3.27. The number of aryl methyl sites for hydroxylation is 1. The van der Waals surface area contributed by atoms with Crippen LogP contribution in [0.1, 0.15) is 68.4 Å². The van der Waals surface area contributed by atoms with Crippen LogP contribution in [0.4, 0.5) is 0 Å². The van der Waals surface area contributed by atoms with E-state index in [2.05, 4.69) is 15.5 Å². The number of Topliss-reactive ketones (excluding diaryl/α,β-unsaturated/α-hetero) is 1. The molecule has 1 aliphatic carbocycles. The van der Waals surface area contributed by atoms with Crippen molar-refractivity contribution in [2.75, 3.05) is 32.8 Å². The van der Waals surface area contributed by atoms with E-state index in [-0.39, 0.29) is 30.7 Å². The fourth-order valence-electron chi connectivity index (χ4n) is 4.16. The molecule has 9 heteroatoms. The molecule has 1 saturated heterocycles. The summed E-state index contributed by atoms with van der Waals surface area (Å²) < 4.78 is 10.6. The highest BCUT2D eigenvalue weighted by atomic mass is 16.5. The van der Waals surface area contributed by atoms with Gasteiger partial charge in [0.15, 0.2) is 0 Å². The minimum atomic E-state index is -0.440. The van der Waals surface area contributed by atoms with Gasteiger partial charge < -0.3 is 19.4 Å². The Morgan fingerprint density at radius 1 is 1.13 bits per heavy atom. The number of ketones is 1. The fraction of sp³-hybridized carbons (Fsp3) is 0.762. The Morgan fingerprint density at radius 2 is 1.87 bits per heavy atom. The van der Waals surface area contributed by atoms with E-state index >= 15 is 0 Å². The standard InChI is InChI=1S/C21H32N4O5/c1-2-18-23-24-21(30-18)17(26)14-22-20(28)16(12-15-6-4-3-5-7-15)13-19(27)25-8-10-29-11-9-25/h15-16H,2-14H2,1H3,(H,22,28)/t16-/m1/s1. The van der Waals surface area contributed by atoms with Gasteiger partial charge in [0.05, 0.1) is 19.8 Å². The lowest BCUT2D eigenvalue weighted by molar-refractivity contribution is -0.139. The molecule has 166 valence electrons. The second kappa shape index (κ2) is 11.2. The zero-order valence-corrected chi connectivity index (χ0v) is 17.7. The summed E-state index contributed by atoms with van der Waals surface area (Å²) in [5.41, 5.74) is 0. The van der Waals surface area contributed by atoms with Crippen LogP contribution in [0.3, 0.4) is 0 Å². The normalized spacial score (nSPS) is 18.8. The Bertz CT molecular complexity index is 723. The van der Waals surface area contributed by atoms with Crippen LogP contribution in [-0.4, -0.2) is 65.5 Å². The third-order valence-corrected chi connectivity index (χ3v) is 5.93. The number of hydrogen-bond acceptors (Lipinski definition) is 7. The van der Waals surface area contributed by atoms with Gasteiger partial charge >= 0.3 is 0 Å². The first kappa shape index (κ1) is 22.4. The van der Waals surface area contributed by atoms with Gasteiger partial charge in [-0.3, -0.25) is 14.4 Å².